The van der Waals surface area contributed by atoms with Crippen LogP contribution in [0.25, 0.3) is 11.3 Å². The summed E-state index contributed by atoms with van der Waals surface area (Å²) in [5.74, 6) is -3.14. The molecule has 0 aliphatic heterocycles. The molecule has 0 saturated carbocycles. The molecule has 2 rings (SSSR count). The van der Waals surface area contributed by atoms with Crippen LogP contribution in [0.4, 0.5) is 22.0 Å². The number of hydrogen-bond acceptors (Lipinski definition) is 4. The first-order chi connectivity index (χ1) is 10.7. The van der Waals surface area contributed by atoms with Crippen LogP contribution >= 0.6 is 11.8 Å². The van der Waals surface area contributed by atoms with Gasteiger partial charge >= 0.3 is 6.18 Å². The van der Waals surface area contributed by atoms with E-state index in [0.717, 1.165) is 11.8 Å². The Morgan fingerprint density at radius 3 is 2.26 bits per heavy atom. The zero-order valence-electron chi connectivity index (χ0n) is 11.3. The summed E-state index contributed by atoms with van der Waals surface area (Å²) in [7, 11) is 0. The van der Waals surface area contributed by atoms with Crippen LogP contribution in [-0.2, 0) is 6.18 Å². The standard InChI is InChI=1S/C13H6F5N3OS/c1-23-12-20-10(6(4-19)11(22)21-12)9-7(14)2-5(3-8(9)15)13(16,17)18/h2-3H,1H3,(H,20,21,22). The largest absolute Gasteiger partial charge is 0.416 e. The van der Waals surface area contributed by atoms with Crippen molar-refractivity contribution in [1.29, 1.82) is 5.26 Å². The number of aromatic amines is 1. The van der Waals surface area contributed by atoms with Crippen LogP contribution in [0, 0.1) is 23.0 Å². The molecule has 0 atom stereocenters. The van der Waals surface area contributed by atoms with Crippen LogP contribution in [0.15, 0.2) is 22.1 Å². The van der Waals surface area contributed by atoms with Gasteiger partial charge in [-0.05, 0) is 18.4 Å². The number of hydrogen-bond donors (Lipinski definition) is 1. The number of alkyl halides is 3. The topological polar surface area (TPSA) is 69.5 Å². The zero-order valence-corrected chi connectivity index (χ0v) is 12.1. The Kier molecular flexibility index (Phi) is 4.42. The number of H-pyrrole nitrogens is 1. The third-order valence-corrected chi connectivity index (χ3v) is 3.39. The molecular weight excluding hydrogens is 341 g/mol. The maximum absolute atomic E-state index is 14.0. The van der Waals surface area contributed by atoms with Crippen molar-refractivity contribution >= 4 is 11.8 Å². The molecule has 0 aliphatic rings. The Labute approximate surface area is 130 Å². The zero-order chi connectivity index (χ0) is 17.4. The van der Waals surface area contributed by atoms with Crippen LogP contribution in [0.3, 0.4) is 0 Å². The SMILES string of the molecule is CSc1nc(-c2c(F)cc(C(F)(F)F)cc2F)c(C#N)c(=O)[nH]1. The molecule has 1 N–H and O–H groups in total. The number of halogens is 5. The molecule has 0 bridgehead atoms. The van der Waals surface area contributed by atoms with E-state index >= 15 is 0 Å². The van der Waals surface area contributed by atoms with Gasteiger partial charge < -0.3 is 4.98 Å². The molecule has 10 heteroatoms. The number of benzene rings is 1. The lowest BCUT2D eigenvalue weighted by Gasteiger charge is -2.11. The number of thioether (sulfide) groups is 1. The highest BCUT2D eigenvalue weighted by atomic mass is 32.2. The van der Waals surface area contributed by atoms with Gasteiger partial charge in [-0.2, -0.15) is 18.4 Å². The van der Waals surface area contributed by atoms with Crippen LogP contribution in [0.5, 0.6) is 0 Å². The summed E-state index contributed by atoms with van der Waals surface area (Å²) in [6.45, 7) is 0. The molecular formula is C13H6F5N3OS. The quantitative estimate of drug-likeness (QED) is 0.514. The predicted octanol–water partition coefficient (Wildman–Crippen LogP) is 3.33. The second-order valence-corrected chi connectivity index (χ2v) is 5.02. The van der Waals surface area contributed by atoms with Crippen molar-refractivity contribution in [2.75, 3.05) is 6.26 Å². The second kappa shape index (κ2) is 6.00. The first-order valence-corrected chi connectivity index (χ1v) is 7.06. The third-order valence-electron chi connectivity index (χ3n) is 2.81. The van der Waals surface area contributed by atoms with E-state index in [1.54, 1.807) is 0 Å². The first-order valence-electron chi connectivity index (χ1n) is 5.84. The number of nitrogens with one attached hydrogen (secondary N) is 1. The lowest BCUT2D eigenvalue weighted by atomic mass is 10.0. The molecule has 2 aromatic rings. The maximum atomic E-state index is 14.0. The summed E-state index contributed by atoms with van der Waals surface area (Å²) >= 11 is 0.929. The molecule has 23 heavy (non-hydrogen) atoms. The van der Waals surface area contributed by atoms with Gasteiger partial charge in [-0.3, -0.25) is 4.79 Å². The van der Waals surface area contributed by atoms with E-state index in [2.05, 4.69) is 9.97 Å². The van der Waals surface area contributed by atoms with Gasteiger partial charge in [0.2, 0.25) is 0 Å². The number of nitrogens with zero attached hydrogens (tertiary/aromatic N) is 2. The van der Waals surface area contributed by atoms with E-state index in [1.165, 1.54) is 12.3 Å². The number of aromatic nitrogens is 2. The summed E-state index contributed by atoms with van der Waals surface area (Å²) in [6.07, 6.45) is -3.43. The van der Waals surface area contributed by atoms with E-state index < -0.39 is 45.8 Å². The van der Waals surface area contributed by atoms with Gasteiger partial charge in [-0.1, -0.05) is 11.8 Å². The highest BCUT2D eigenvalue weighted by Crippen LogP contribution is 2.34. The fourth-order valence-electron chi connectivity index (χ4n) is 1.80. The average Bonchev–Trinajstić information content (AvgIpc) is 2.45. The molecule has 0 spiro atoms. The van der Waals surface area contributed by atoms with Crippen molar-refractivity contribution in [3.8, 4) is 17.3 Å². The van der Waals surface area contributed by atoms with Crippen molar-refractivity contribution in [3.05, 3.63) is 45.2 Å². The molecule has 0 saturated heterocycles. The molecule has 0 unspecified atom stereocenters. The monoisotopic (exact) mass is 347 g/mol. The summed E-state index contributed by atoms with van der Waals surface area (Å²) < 4.78 is 65.7. The van der Waals surface area contributed by atoms with Crippen LogP contribution in [0.1, 0.15) is 11.1 Å². The highest BCUT2D eigenvalue weighted by Gasteiger charge is 2.33. The summed E-state index contributed by atoms with van der Waals surface area (Å²) in [4.78, 5) is 17.7. The molecule has 4 nitrogen and oxygen atoms in total. The molecule has 1 aromatic carbocycles. The van der Waals surface area contributed by atoms with Crippen molar-refractivity contribution in [2.45, 2.75) is 11.3 Å². The smallest absolute Gasteiger partial charge is 0.300 e. The van der Waals surface area contributed by atoms with E-state index in [1.807, 2.05) is 0 Å². The number of rotatable bonds is 2. The first kappa shape index (κ1) is 17.0. The maximum Gasteiger partial charge on any atom is 0.416 e. The molecule has 0 fully saturated rings. The van der Waals surface area contributed by atoms with Gasteiger partial charge in [0, 0.05) is 0 Å². The van der Waals surface area contributed by atoms with E-state index in [0.29, 0.717) is 0 Å². The average molecular weight is 347 g/mol. The second-order valence-electron chi connectivity index (χ2n) is 4.22. The highest BCUT2D eigenvalue weighted by molar-refractivity contribution is 7.98. The molecule has 0 amide bonds. The Hall–Kier alpha value is -2.41. The van der Waals surface area contributed by atoms with Gasteiger partial charge in [0.1, 0.15) is 29.0 Å². The molecule has 1 heterocycles. The third kappa shape index (κ3) is 3.19. The van der Waals surface area contributed by atoms with Gasteiger partial charge in [0.15, 0.2) is 5.16 Å². The molecule has 0 radical (unpaired) electrons. The summed E-state index contributed by atoms with van der Waals surface area (Å²) in [6, 6.07) is 1.61. The van der Waals surface area contributed by atoms with Gasteiger partial charge in [0.05, 0.1) is 11.1 Å². The van der Waals surface area contributed by atoms with Crippen LogP contribution in [-0.4, -0.2) is 16.2 Å². The Bertz CT molecular complexity index is 846. The van der Waals surface area contributed by atoms with Gasteiger partial charge in [-0.25, -0.2) is 13.8 Å². The Morgan fingerprint density at radius 2 is 1.83 bits per heavy atom. The van der Waals surface area contributed by atoms with Crippen molar-refractivity contribution in [3.63, 3.8) is 0 Å². The number of nitriles is 1. The fraction of sp³-hybridized carbons (Fsp3) is 0.154. The Balaban J connectivity index is 2.81. The van der Waals surface area contributed by atoms with E-state index in [-0.39, 0.29) is 17.3 Å². The minimum Gasteiger partial charge on any atom is -0.300 e. The minimum atomic E-state index is -4.94. The van der Waals surface area contributed by atoms with Crippen molar-refractivity contribution in [1.82, 2.24) is 9.97 Å². The normalized spacial score (nSPS) is 11.3. The van der Waals surface area contributed by atoms with Gasteiger partial charge in [0.25, 0.3) is 5.56 Å². The van der Waals surface area contributed by atoms with E-state index in [9.17, 15) is 26.7 Å². The van der Waals surface area contributed by atoms with Crippen LogP contribution in [0.2, 0.25) is 0 Å². The lowest BCUT2D eigenvalue weighted by Crippen LogP contribution is -2.16. The lowest BCUT2D eigenvalue weighted by molar-refractivity contribution is -0.137. The molecule has 1 aromatic heterocycles. The summed E-state index contributed by atoms with van der Waals surface area (Å²) in [5.41, 5.74) is -4.77. The van der Waals surface area contributed by atoms with Crippen molar-refractivity contribution < 1.29 is 22.0 Å². The van der Waals surface area contributed by atoms with Crippen molar-refractivity contribution in [2.24, 2.45) is 0 Å². The van der Waals surface area contributed by atoms with Crippen LogP contribution < -0.4 is 5.56 Å². The predicted molar refractivity (Wildman–Crippen MR) is 71.7 cm³/mol. The molecule has 120 valence electrons. The minimum absolute atomic E-state index is 0.0392. The molecule has 0 aliphatic carbocycles. The summed E-state index contributed by atoms with van der Waals surface area (Å²) in [5, 5.41) is 8.91. The van der Waals surface area contributed by atoms with E-state index in [4.69, 9.17) is 5.26 Å². The Morgan fingerprint density at radius 1 is 1.26 bits per heavy atom. The fourth-order valence-corrected chi connectivity index (χ4v) is 2.17. The van der Waals surface area contributed by atoms with Gasteiger partial charge in [-0.15, -0.1) is 0 Å².